The van der Waals surface area contributed by atoms with Gasteiger partial charge >= 0.3 is 0 Å². The number of ether oxygens (including phenoxy) is 2. The average molecular weight is 388 g/mol. The molecular formula is C16H24N2O7S. The van der Waals surface area contributed by atoms with E-state index < -0.39 is 34.4 Å². The van der Waals surface area contributed by atoms with Crippen molar-refractivity contribution in [3.63, 3.8) is 0 Å². The van der Waals surface area contributed by atoms with Crippen molar-refractivity contribution >= 4 is 15.9 Å². The van der Waals surface area contributed by atoms with Gasteiger partial charge in [0.05, 0.1) is 24.0 Å². The third-order valence-electron chi connectivity index (χ3n) is 4.00. The van der Waals surface area contributed by atoms with Crippen LogP contribution in [0.5, 0.6) is 0 Å². The number of sulfonamides is 1. The molecule has 1 amide bonds. The molecule has 2 rings (SSSR count). The second-order valence-electron chi connectivity index (χ2n) is 5.91. The number of aliphatic hydroxyl groups excluding tert-OH is 2. The number of hydrogen-bond acceptors (Lipinski definition) is 7. The van der Waals surface area contributed by atoms with Gasteiger partial charge in [-0.2, -0.15) is 0 Å². The first kappa shape index (κ1) is 20.7. The maximum atomic E-state index is 12.2. The van der Waals surface area contributed by atoms with E-state index in [1.54, 1.807) is 18.2 Å². The smallest absolute Gasteiger partial charge is 0.240 e. The molecule has 1 saturated heterocycles. The number of aliphatic hydroxyl groups is 2. The largest absolute Gasteiger partial charge is 0.388 e. The Balaban J connectivity index is 1.88. The highest BCUT2D eigenvalue weighted by Crippen LogP contribution is 2.23. The van der Waals surface area contributed by atoms with Gasteiger partial charge in [-0.15, -0.1) is 0 Å². The second kappa shape index (κ2) is 9.40. The van der Waals surface area contributed by atoms with Crippen LogP contribution in [0, 0.1) is 0 Å². The van der Waals surface area contributed by atoms with Gasteiger partial charge in [0, 0.05) is 20.2 Å². The lowest BCUT2D eigenvalue weighted by molar-refractivity contribution is -0.125. The lowest BCUT2D eigenvalue weighted by Crippen LogP contribution is -2.40. The summed E-state index contributed by atoms with van der Waals surface area (Å²) in [6.07, 6.45) is -4.61. The topological polar surface area (TPSA) is 134 Å². The Morgan fingerprint density at radius 1 is 1.19 bits per heavy atom. The summed E-state index contributed by atoms with van der Waals surface area (Å²) >= 11 is 0. The van der Waals surface area contributed by atoms with E-state index in [-0.39, 0.29) is 23.8 Å². The van der Waals surface area contributed by atoms with Crippen molar-refractivity contribution in [3.8, 4) is 0 Å². The molecule has 1 aliphatic rings. The van der Waals surface area contributed by atoms with Crippen molar-refractivity contribution in [1.29, 1.82) is 0 Å². The van der Waals surface area contributed by atoms with Crippen molar-refractivity contribution < 1.29 is 32.9 Å². The highest BCUT2D eigenvalue weighted by atomic mass is 32.2. The molecule has 4 N–H and O–H groups in total. The van der Waals surface area contributed by atoms with Crippen molar-refractivity contribution in [3.05, 3.63) is 30.3 Å². The molecule has 1 aromatic carbocycles. The normalized spacial score (nSPS) is 26.0. The van der Waals surface area contributed by atoms with Crippen molar-refractivity contribution in [2.45, 2.75) is 35.7 Å². The molecule has 0 saturated carbocycles. The third-order valence-corrected chi connectivity index (χ3v) is 5.44. The quantitative estimate of drug-likeness (QED) is 0.383. The van der Waals surface area contributed by atoms with Gasteiger partial charge in [-0.1, -0.05) is 18.2 Å². The summed E-state index contributed by atoms with van der Waals surface area (Å²) in [7, 11) is -2.25. The first-order valence-corrected chi connectivity index (χ1v) is 9.65. The Bertz CT molecular complexity index is 683. The van der Waals surface area contributed by atoms with Gasteiger partial charge in [0.2, 0.25) is 15.9 Å². The van der Waals surface area contributed by atoms with Gasteiger partial charge in [0.25, 0.3) is 0 Å². The SMILES string of the molecule is COCCNC(=O)C[C@@H]1O[C@H](CNS(=O)(=O)c2ccccc2)[C@@H](O)[C@H]1O. The monoisotopic (exact) mass is 388 g/mol. The van der Waals surface area contributed by atoms with Crippen LogP contribution in [0.1, 0.15) is 6.42 Å². The van der Waals surface area contributed by atoms with E-state index in [1.165, 1.54) is 19.2 Å². The minimum absolute atomic E-state index is 0.0853. The van der Waals surface area contributed by atoms with Crippen molar-refractivity contribution in [2.24, 2.45) is 0 Å². The van der Waals surface area contributed by atoms with E-state index >= 15 is 0 Å². The fourth-order valence-corrected chi connectivity index (χ4v) is 3.65. The number of rotatable bonds is 9. The van der Waals surface area contributed by atoms with Crippen LogP contribution in [0.25, 0.3) is 0 Å². The molecule has 0 unspecified atom stereocenters. The summed E-state index contributed by atoms with van der Waals surface area (Å²) in [5.74, 6) is -0.358. The third kappa shape index (κ3) is 5.47. The maximum absolute atomic E-state index is 12.2. The molecule has 4 atom stereocenters. The summed E-state index contributed by atoms with van der Waals surface area (Å²) in [6, 6.07) is 7.77. The molecule has 0 aliphatic carbocycles. The highest BCUT2D eigenvalue weighted by molar-refractivity contribution is 7.89. The van der Waals surface area contributed by atoms with Gasteiger partial charge in [-0.25, -0.2) is 13.1 Å². The van der Waals surface area contributed by atoms with Crippen LogP contribution < -0.4 is 10.0 Å². The van der Waals surface area contributed by atoms with Crippen LogP contribution >= 0.6 is 0 Å². The molecule has 10 heteroatoms. The molecule has 1 aliphatic heterocycles. The molecule has 26 heavy (non-hydrogen) atoms. The lowest BCUT2D eigenvalue weighted by Gasteiger charge is -2.15. The minimum atomic E-state index is -3.76. The van der Waals surface area contributed by atoms with E-state index in [1.807, 2.05) is 0 Å². The van der Waals surface area contributed by atoms with E-state index in [2.05, 4.69) is 10.0 Å². The number of carbonyl (C=O) groups excluding carboxylic acids is 1. The molecule has 0 spiro atoms. The van der Waals surface area contributed by atoms with Crippen LogP contribution in [0.15, 0.2) is 35.2 Å². The predicted molar refractivity (Wildman–Crippen MR) is 91.8 cm³/mol. The fourth-order valence-electron chi connectivity index (χ4n) is 2.59. The first-order valence-electron chi connectivity index (χ1n) is 8.17. The number of nitrogens with one attached hydrogen (secondary N) is 2. The fraction of sp³-hybridized carbons (Fsp3) is 0.562. The van der Waals surface area contributed by atoms with Gasteiger partial charge in [0.15, 0.2) is 0 Å². The molecule has 146 valence electrons. The number of carbonyl (C=O) groups is 1. The van der Waals surface area contributed by atoms with Gasteiger partial charge in [-0.3, -0.25) is 4.79 Å². The molecule has 1 fully saturated rings. The lowest BCUT2D eigenvalue weighted by atomic mass is 10.1. The van der Waals surface area contributed by atoms with E-state index in [4.69, 9.17) is 9.47 Å². The number of benzene rings is 1. The molecule has 9 nitrogen and oxygen atoms in total. The Labute approximate surface area is 152 Å². The maximum Gasteiger partial charge on any atom is 0.240 e. The molecular weight excluding hydrogens is 364 g/mol. The van der Waals surface area contributed by atoms with Gasteiger partial charge in [-0.05, 0) is 12.1 Å². The number of methoxy groups -OCH3 is 1. The summed E-state index contributed by atoms with van der Waals surface area (Å²) in [6.45, 7) is 0.449. The summed E-state index contributed by atoms with van der Waals surface area (Å²) in [5.41, 5.74) is 0. The van der Waals surface area contributed by atoms with E-state index in [0.29, 0.717) is 13.2 Å². The van der Waals surface area contributed by atoms with Crippen LogP contribution in [0.2, 0.25) is 0 Å². The van der Waals surface area contributed by atoms with Crippen LogP contribution in [-0.4, -0.2) is 75.8 Å². The Hall–Kier alpha value is -1.56. The highest BCUT2D eigenvalue weighted by Gasteiger charge is 2.43. The zero-order valence-corrected chi connectivity index (χ0v) is 15.2. The zero-order valence-electron chi connectivity index (χ0n) is 14.4. The number of amides is 1. The van der Waals surface area contributed by atoms with Crippen molar-refractivity contribution in [1.82, 2.24) is 10.0 Å². The molecule has 1 heterocycles. The molecule has 0 aromatic heterocycles. The molecule has 0 bridgehead atoms. The Morgan fingerprint density at radius 3 is 2.50 bits per heavy atom. The molecule has 1 aromatic rings. The first-order chi connectivity index (χ1) is 12.3. The number of hydrogen-bond donors (Lipinski definition) is 4. The Kier molecular flexibility index (Phi) is 7.50. The van der Waals surface area contributed by atoms with Crippen LogP contribution in [0.3, 0.4) is 0 Å². The molecule has 0 radical (unpaired) electrons. The van der Waals surface area contributed by atoms with Gasteiger partial charge < -0.3 is 25.0 Å². The zero-order chi connectivity index (χ0) is 19.2. The summed E-state index contributed by atoms with van der Waals surface area (Å²) < 4.78 is 37.0. The van der Waals surface area contributed by atoms with Gasteiger partial charge in [0.1, 0.15) is 18.3 Å². The van der Waals surface area contributed by atoms with E-state index in [0.717, 1.165) is 0 Å². The average Bonchev–Trinajstić information content (AvgIpc) is 2.89. The summed E-state index contributed by atoms with van der Waals surface area (Å²) in [5, 5.41) is 22.7. The van der Waals surface area contributed by atoms with E-state index in [9.17, 15) is 23.4 Å². The van der Waals surface area contributed by atoms with Crippen LogP contribution in [0.4, 0.5) is 0 Å². The standard InChI is InChI=1S/C16H24N2O7S/c1-24-8-7-17-14(19)9-12-15(20)16(21)13(25-12)10-18-26(22,23)11-5-3-2-4-6-11/h2-6,12-13,15-16,18,20-21H,7-10H2,1H3,(H,17,19)/t12-,13+,15-,16+/m0/s1. The minimum Gasteiger partial charge on any atom is -0.388 e. The summed E-state index contributed by atoms with van der Waals surface area (Å²) in [4.78, 5) is 11.9. The Morgan fingerprint density at radius 2 is 1.85 bits per heavy atom. The van der Waals surface area contributed by atoms with Crippen LogP contribution in [-0.2, 0) is 24.3 Å². The predicted octanol–water partition coefficient (Wildman–Crippen LogP) is -1.39. The van der Waals surface area contributed by atoms with Crippen molar-refractivity contribution in [2.75, 3.05) is 26.8 Å². The second-order valence-corrected chi connectivity index (χ2v) is 7.67.